The molecule has 1 heterocycles. The molecule has 1 aliphatic rings. The summed E-state index contributed by atoms with van der Waals surface area (Å²) in [6.07, 6.45) is 2.85. The van der Waals surface area contributed by atoms with Crippen molar-refractivity contribution in [1.29, 1.82) is 0 Å². The van der Waals surface area contributed by atoms with Gasteiger partial charge in [0.1, 0.15) is 5.75 Å². The summed E-state index contributed by atoms with van der Waals surface area (Å²) in [5.74, 6) is 1.15. The number of halogens is 1. The Balaban J connectivity index is 0.00000392. The topological polar surface area (TPSA) is 84.7 Å². The lowest BCUT2D eigenvalue weighted by Crippen LogP contribution is -2.49. The zero-order chi connectivity index (χ0) is 19.6. The van der Waals surface area contributed by atoms with Gasteiger partial charge in [0.15, 0.2) is 0 Å². The molecule has 1 aromatic rings. The highest BCUT2D eigenvalue weighted by molar-refractivity contribution is 5.85. The van der Waals surface area contributed by atoms with E-state index in [0.717, 1.165) is 25.0 Å². The van der Waals surface area contributed by atoms with Crippen molar-refractivity contribution >= 4 is 24.2 Å². The van der Waals surface area contributed by atoms with E-state index >= 15 is 0 Å². The Kier molecular flexibility index (Phi) is 10.9. The van der Waals surface area contributed by atoms with E-state index in [0.29, 0.717) is 38.6 Å². The number of hydrogen-bond donors (Lipinski definition) is 2. The molecule has 0 aliphatic carbocycles. The van der Waals surface area contributed by atoms with Crippen LogP contribution in [0.3, 0.4) is 0 Å². The molecule has 2 unspecified atom stereocenters. The largest absolute Gasteiger partial charge is 0.493 e. The first-order valence-corrected chi connectivity index (χ1v) is 9.95. The number of para-hydroxylation sites is 1. The zero-order valence-electron chi connectivity index (χ0n) is 16.9. The molecule has 0 spiro atoms. The highest BCUT2D eigenvalue weighted by Crippen LogP contribution is 2.18. The summed E-state index contributed by atoms with van der Waals surface area (Å²) >= 11 is 0. The summed E-state index contributed by atoms with van der Waals surface area (Å²) in [6.45, 7) is 6.21. The van der Waals surface area contributed by atoms with E-state index < -0.39 is 0 Å². The van der Waals surface area contributed by atoms with Gasteiger partial charge in [0.25, 0.3) is 0 Å². The molecule has 0 saturated carbocycles. The zero-order valence-corrected chi connectivity index (χ0v) is 17.7. The highest BCUT2D eigenvalue weighted by Gasteiger charge is 2.29. The van der Waals surface area contributed by atoms with Crippen molar-refractivity contribution in [3.63, 3.8) is 0 Å². The second-order valence-corrected chi connectivity index (χ2v) is 7.66. The van der Waals surface area contributed by atoms with Crippen LogP contribution in [0.15, 0.2) is 30.3 Å². The number of carbonyl (C=O) groups excluding carboxylic acids is 2. The Bertz CT molecular complexity index is 598. The fourth-order valence-corrected chi connectivity index (χ4v) is 3.45. The lowest BCUT2D eigenvalue weighted by Gasteiger charge is -2.33. The summed E-state index contributed by atoms with van der Waals surface area (Å²) in [5.41, 5.74) is 5.78. The van der Waals surface area contributed by atoms with Gasteiger partial charge < -0.3 is 20.7 Å². The first-order chi connectivity index (χ1) is 13.0. The van der Waals surface area contributed by atoms with Gasteiger partial charge in [-0.25, -0.2) is 0 Å². The summed E-state index contributed by atoms with van der Waals surface area (Å²) < 4.78 is 5.61. The molecule has 0 radical (unpaired) electrons. The van der Waals surface area contributed by atoms with Crippen LogP contribution in [0.25, 0.3) is 0 Å². The average Bonchev–Trinajstić information content (AvgIpc) is 2.67. The lowest BCUT2D eigenvalue weighted by molar-refractivity contribution is -0.136. The Morgan fingerprint density at radius 3 is 2.64 bits per heavy atom. The predicted molar refractivity (Wildman–Crippen MR) is 114 cm³/mol. The third kappa shape index (κ3) is 8.07. The maximum atomic E-state index is 12.6. The second-order valence-electron chi connectivity index (χ2n) is 7.66. The van der Waals surface area contributed by atoms with Gasteiger partial charge in [-0.15, -0.1) is 12.4 Å². The van der Waals surface area contributed by atoms with Gasteiger partial charge in [-0.2, -0.15) is 0 Å². The molecule has 1 aliphatic heterocycles. The van der Waals surface area contributed by atoms with Crippen molar-refractivity contribution in [2.75, 3.05) is 26.2 Å². The molecule has 0 bridgehead atoms. The molecule has 6 nitrogen and oxygen atoms in total. The van der Waals surface area contributed by atoms with E-state index in [9.17, 15) is 9.59 Å². The molecular weight excluding hydrogens is 378 g/mol. The summed E-state index contributed by atoms with van der Waals surface area (Å²) in [7, 11) is 0. The molecule has 1 aromatic carbocycles. The monoisotopic (exact) mass is 411 g/mol. The second kappa shape index (κ2) is 12.6. The van der Waals surface area contributed by atoms with Crippen LogP contribution in [-0.4, -0.2) is 49.0 Å². The minimum Gasteiger partial charge on any atom is -0.493 e. The molecule has 1 fully saturated rings. The van der Waals surface area contributed by atoms with E-state index in [1.54, 1.807) is 4.90 Å². The quantitative estimate of drug-likeness (QED) is 0.654. The van der Waals surface area contributed by atoms with Crippen LogP contribution in [0.2, 0.25) is 0 Å². The van der Waals surface area contributed by atoms with Gasteiger partial charge >= 0.3 is 0 Å². The molecule has 1 saturated heterocycles. The summed E-state index contributed by atoms with van der Waals surface area (Å²) in [5, 5.41) is 3.07. The number of amides is 2. The summed E-state index contributed by atoms with van der Waals surface area (Å²) in [4.78, 5) is 26.9. The van der Waals surface area contributed by atoms with Gasteiger partial charge in [0.05, 0.1) is 18.9 Å². The van der Waals surface area contributed by atoms with Crippen molar-refractivity contribution < 1.29 is 14.3 Å². The van der Waals surface area contributed by atoms with Crippen LogP contribution in [-0.2, 0) is 9.59 Å². The number of ether oxygens (including phenoxy) is 1. The minimum atomic E-state index is -0.154. The Hall–Kier alpha value is -1.79. The normalized spacial score (nSPS) is 17.6. The molecule has 2 amide bonds. The van der Waals surface area contributed by atoms with Crippen LogP contribution in [0.1, 0.15) is 39.5 Å². The molecule has 2 rings (SSSR count). The van der Waals surface area contributed by atoms with Crippen LogP contribution < -0.4 is 15.8 Å². The number of hydrogen-bond acceptors (Lipinski definition) is 4. The highest BCUT2D eigenvalue weighted by atomic mass is 35.5. The number of benzene rings is 1. The van der Waals surface area contributed by atoms with Gasteiger partial charge in [-0.05, 0) is 37.3 Å². The number of likely N-dealkylation sites (tertiary alicyclic amines) is 1. The van der Waals surface area contributed by atoms with E-state index in [1.165, 1.54) is 0 Å². The van der Waals surface area contributed by atoms with Crippen molar-refractivity contribution in [2.45, 2.75) is 45.6 Å². The third-order valence-electron chi connectivity index (χ3n) is 4.86. The number of nitrogens with one attached hydrogen (secondary N) is 1. The fourth-order valence-electron chi connectivity index (χ4n) is 3.45. The van der Waals surface area contributed by atoms with Gasteiger partial charge in [-0.1, -0.05) is 32.0 Å². The summed E-state index contributed by atoms with van der Waals surface area (Å²) in [6, 6.07) is 9.47. The first kappa shape index (κ1) is 24.2. The standard InChI is InChI=1S/C21H33N3O3.ClH/c1-16(2)13-18(14-22)23-21(26)17-7-6-11-24(15-17)20(25)10-12-27-19-8-4-3-5-9-19;/h3-5,8-9,16-18H,6-7,10-15,22H2,1-2H3,(H,23,26);1H. The Labute approximate surface area is 174 Å². The molecule has 0 aromatic heterocycles. The molecule has 2 atom stereocenters. The molecule has 7 heteroatoms. The molecule has 28 heavy (non-hydrogen) atoms. The van der Waals surface area contributed by atoms with Crippen molar-refractivity contribution in [2.24, 2.45) is 17.6 Å². The van der Waals surface area contributed by atoms with Crippen molar-refractivity contribution in [3.8, 4) is 5.75 Å². The van der Waals surface area contributed by atoms with E-state index in [4.69, 9.17) is 10.5 Å². The first-order valence-electron chi connectivity index (χ1n) is 9.95. The molecule has 3 N–H and O–H groups in total. The third-order valence-corrected chi connectivity index (χ3v) is 4.86. The number of nitrogens with two attached hydrogens (primary N) is 1. The van der Waals surface area contributed by atoms with Gasteiger partial charge in [0.2, 0.25) is 11.8 Å². The van der Waals surface area contributed by atoms with Gasteiger partial charge in [0, 0.05) is 25.7 Å². The lowest BCUT2D eigenvalue weighted by atomic mass is 9.95. The van der Waals surface area contributed by atoms with E-state index in [-0.39, 0.29) is 36.2 Å². The SMILES string of the molecule is CC(C)CC(CN)NC(=O)C1CCCN(C(=O)CCOc2ccccc2)C1.Cl. The predicted octanol–water partition coefficient (Wildman–Crippen LogP) is 2.61. The van der Waals surface area contributed by atoms with Crippen LogP contribution in [0.5, 0.6) is 5.75 Å². The van der Waals surface area contributed by atoms with Crippen molar-refractivity contribution in [1.82, 2.24) is 10.2 Å². The van der Waals surface area contributed by atoms with Crippen LogP contribution in [0, 0.1) is 11.8 Å². The number of rotatable bonds is 9. The van der Waals surface area contributed by atoms with Gasteiger partial charge in [-0.3, -0.25) is 9.59 Å². The fraction of sp³-hybridized carbons (Fsp3) is 0.619. The number of nitrogens with zero attached hydrogens (tertiary/aromatic N) is 1. The smallest absolute Gasteiger partial charge is 0.226 e. The van der Waals surface area contributed by atoms with Crippen LogP contribution >= 0.6 is 12.4 Å². The maximum absolute atomic E-state index is 12.6. The number of carbonyl (C=O) groups is 2. The van der Waals surface area contributed by atoms with Crippen molar-refractivity contribution in [3.05, 3.63) is 30.3 Å². The Morgan fingerprint density at radius 1 is 1.29 bits per heavy atom. The van der Waals surface area contributed by atoms with E-state index in [2.05, 4.69) is 19.2 Å². The molecular formula is C21H34ClN3O3. The Morgan fingerprint density at radius 2 is 2.00 bits per heavy atom. The number of piperidine rings is 1. The molecule has 158 valence electrons. The van der Waals surface area contributed by atoms with E-state index in [1.807, 2.05) is 30.3 Å². The van der Waals surface area contributed by atoms with Crippen LogP contribution in [0.4, 0.5) is 0 Å². The average molecular weight is 412 g/mol. The minimum absolute atomic E-state index is 0. The maximum Gasteiger partial charge on any atom is 0.226 e.